The van der Waals surface area contributed by atoms with Crippen LogP contribution in [0.2, 0.25) is 0 Å². The molecule has 2 aromatic rings. The second-order valence-electron chi connectivity index (χ2n) is 4.76. The first-order valence-corrected chi connectivity index (χ1v) is 8.77. The first-order chi connectivity index (χ1) is 10.2. The molecule has 1 aromatic heterocycles. The molecular formula is C15H16N2O2S2. The molecule has 0 bridgehead atoms. The zero-order valence-electron chi connectivity index (χ0n) is 11.7. The van der Waals surface area contributed by atoms with E-state index in [1.54, 1.807) is 11.8 Å². The van der Waals surface area contributed by atoms with Gasteiger partial charge in [-0.1, -0.05) is 41.7 Å². The molecule has 21 heavy (non-hydrogen) atoms. The van der Waals surface area contributed by atoms with Gasteiger partial charge in [-0.15, -0.1) is 0 Å². The van der Waals surface area contributed by atoms with E-state index in [9.17, 15) is 4.79 Å². The van der Waals surface area contributed by atoms with Crippen molar-refractivity contribution in [2.75, 3.05) is 18.1 Å². The van der Waals surface area contributed by atoms with Crippen LogP contribution in [-0.2, 0) is 4.79 Å². The molecule has 0 radical (unpaired) electrons. The van der Waals surface area contributed by atoms with Gasteiger partial charge >= 0.3 is 0 Å². The third-order valence-corrected chi connectivity index (χ3v) is 5.39. The van der Waals surface area contributed by atoms with Gasteiger partial charge in [-0.25, -0.2) is 0 Å². The van der Waals surface area contributed by atoms with Crippen molar-refractivity contribution in [3.63, 3.8) is 0 Å². The number of benzene rings is 1. The molecule has 0 saturated carbocycles. The van der Waals surface area contributed by atoms with Crippen molar-refractivity contribution in [3.05, 3.63) is 36.1 Å². The number of rotatable bonds is 4. The number of furan rings is 1. The van der Waals surface area contributed by atoms with E-state index in [2.05, 4.69) is 10.3 Å². The normalized spacial score (nSPS) is 16.0. The summed E-state index contributed by atoms with van der Waals surface area (Å²) in [6.45, 7) is 2.80. The van der Waals surface area contributed by atoms with Crippen LogP contribution in [0.1, 0.15) is 18.7 Å². The first-order valence-electron chi connectivity index (χ1n) is 6.80. The number of aliphatic imine (C=N–C) groups is 1. The number of hydrogen-bond acceptors (Lipinski definition) is 5. The van der Waals surface area contributed by atoms with E-state index < -0.39 is 0 Å². The van der Waals surface area contributed by atoms with Crippen molar-refractivity contribution in [1.82, 2.24) is 5.32 Å². The van der Waals surface area contributed by atoms with Gasteiger partial charge < -0.3 is 9.73 Å². The van der Waals surface area contributed by atoms with Crippen molar-refractivity contribution >= 4 is 44.8 Å². The standard InChI is InChI=1S/C15H16N2O2S2/c1-10(13-8-11-4-2-3-5-12(11)19-13)17-14(18)9-21-15-16-6-7-20-15/h2-5,8,10H,6-7,9H2,1H3,(H,17,18)/t10-/m0/s1. The van der Waals surface area contributed by atoms with Crippen LogP contribution in [0.25, 0.3) is 11.0 Å². The second-order valence-corrected chi connectivity index (χ2v) is 7.07. The van der Waals surface area contributed by atoms with E-state index >= 15 is 0 Å². The second kappa shape index (κ2) is 6.58. The molecule has 1 aromatic carbocycles. The number of thioether (sulfide) groups is 2. The smallest absolute Gasteiger partial charge is 0.231 e. The number of carbonyl (C=O) groups is 1. The maximum Gasteiger partial charge on any atom is 0.231 e. The van der Waals surface area contributed by atoms with Gasteiger partial charge in [-0.05, 0) is 19.1 Å². The van der Waals surface area contributed by atoms with Crippen LogP contribution in [0, 0.1) is 0 Å². The lowest BCUT2D eigenvalue weighted by atomic mass is 10.2. The molecule has 110 valence electrons. The summed E-state index contributed by atoms with van der Waals surface area (Å²) < 4.78 is 6.77. The Kier molecular flexibility index (Phi) is 4.55. The van der Waals surface area contributed by atoms with Crippen LogP contribution in [-0.4, -0.2) is 28.3 Å². The fourth-order valence-electron chi connectivity index (χ4n) is 2.10. The Bertz CT molecular complexity index is 648. The average Bonchev–Trinajstić information content (AvgIpc) is 3.14. The number of nitrogens with one attached hydrogen (secondary N) is 1. The van der Waals surface area contributed by atoms with Crippen LogP contribution in [0.5, 0.6) is 0 Å². The minimum absolute atomic E-state index is 0.00292. The Hall–Kier alpha value is -1.40. The van der Waals surface area contributed by atoms with E-state index in [0.29, 0.717) is 5.75 Å². The Morgan fingerprint density at radius 1 is 1.52 bits per heavy atom. The highest BCUT2D eigenvalue weighted by Gasteiger charge is 2.15. The number of carbonyl (C=O) groups excluding carboxylic acids is 1. The monoisotopic (exact) mass is 320 g/mol. The minimum atomic E-state index is -0.135. The molecule has 1 atom stereocenters. The molecule has 2 heterocycles. The lowest BCUT2D eigenvalue weighted by Crippen LogP contribution is -2.28. The number of nitrogens with zero attached hydrogens (tertiary/aromatic N) is 1. The van der Waals surface area contributed by atoms with Crippen LogP contribution in [0.3, 0.4) is 0 Å². The van der Waals surface area contributed by atoms with Gasteiger partial charge in [0, 0.05) is 11.1 Å². The molecule has 0 spiro atoms. The van der Waals surface area contributed by atoms with Gasteiger partial charge in [0.25, 0.3) is 0 Å². The largest absolute Gasteiger partial charge is 0.459 e. The van der Waals surface area contributed by atoms with Gasteiger partial charge in [-0.3, -0.25) is 9.79 Å². The number of amides is 1. The predicted octanol–water partition coefficient (Wildman–Crippen LogP) is 3.45. The number of fused-ring (bicyclic) bond motifs is 1. The Balaban J connectivity index is 1.57. The summed E-state index contributed by atoms with van der Waals surface area (Å²) in [6.07, 6.45) is 0. The Labute approximate surface area is 131 Å². The minimum Gasteiger partial charge on any atom is -0.459 e. The van der Waals surface area contributed by atoms with Gasteiger partial charge in [0.1, 0.15) is 15.7 Å². The quantitative estimate of drug-likeness (QED) is 0.937. The van der Waals surface area contributed by atoms with E-state index in [0.717, 1.165) is 33.4 Å². The lowest BCUT2D eigenvalue weighted by Gasteiger charge is -2.10. The first kappa shape index (κ1) is 14.5. The molecule has 1 N–H and O–H groups in total. The maximum atomic E-state index is 12.0. The highest BCUT2D eigenvalue weighted by molar-refractivity contribution is 8.39. The summed E-state index contributed by atoms with van der Waals surface area (Å²) in [5.74, 6) is 2.21. The van der Waals surface area contributed by atoms with Gasteiger partial charge in [0.05, 0.1) is 18.3 Å². The summed E-state index contributed by atoms with van der Waals surface area (Å²) in [5.41, 5.74) is 0.847. The zero-order chi connectivity index (χ0) is 14.7. The summed E-state index contributed by atoms with van der Waals surface area (Å²) in [5, 5.41) is 4.02. The van der Waals surface area contributed by atoms with Crippen LogP contribution in [0.4, 0.5) is 0 Å². The van der Waals surface area contributed by atoms with Crippen LogP contribution < -0.4 is 5.32 Å². The summed E-state index contributed by atoms with van der Waals surface area (Å²) in [4.78, 5) is 16.3. The molecule has 0 fully saturated rings. The molecule has 0 unspecified atom stereocenters. The zero-order valence-corrected chi connectivity index (χ0v) is 13.3. The third-order valence-electron chi connectivity index (χ3n) is 3.13. The number of para-hydroxylation sites is 1. The fourth-order valence-corrected chi connectivity index (χ4v) is 3.92. The van der Waals surface area contributed by atoms with Crippen molar-refractivity contribution in [2.24, 2.45) is 4.99 Å². The van der Waals surface area contributed by atoms with Crippen molar-refractivity contribution in [3.8, 4) is 0 Å². The Morgan fingerprint density at radius 3 is 3.14 bits per heavy atom. The maximum absolute atomic E-state index is 12.0. The van der Waals surface area contributed by atoms with Crippen molar-refractivity contribution < 1.29 is 9.21 Å². The van der Waals surface area contributed by atoms with E-state index in [1.165, 1.54) is 11.8 Å². The average molecular weight is 320 g/mol. The van der Waals surface area contributed by atoms with E-state index in [4.69, 9.17) is 4.42 Å². The van der Waals surface area contributed by atoms with Gasteiger partial charge in [0.15, 0.2) is 0 Å². The lowest BCUT2D eigenvalue weighted by molar-refractivity contribution is -0.119. The molecule has 0 saturated heterocycles. The van der Waals surface area contributed by atoms with Crippen LogP contribution >= 0.6 is 23.5 Å². The summed E-state index contributed by atoms with van der Waals surface area (Å²) in [6, 6.07) is 9.69. The molecule has 3 rings (SSSR count). The fraction of sp³-hybridized carbons (Fsp3) is 0.333. The predicted molar refractivity (Wildman–Crippen MR) is 90.0 cm³/mol. The van der Waals surface area contributed by atoms with Crippen molar-refractivity contribution in [1.29, 1.82) is 0 Å². The molecule has 0 aliphatic carbocycles. The Morgan fingerprint density at radius 2 is 2.38 bits per heavy atom. The highest BCUT2D eigenvalue weighted by Crippen LogP contribution is 2.24. The molecule has 1 amide bonds. The van der Waals surface area contributed by atoms with E-state index in [1.807, 2.05) is 37.3 Å². The summed E-state index contributed by atoms with van der Waals surface area (Å²) in [7, 11) is 0. The van der Waals surface area contributed by atoms with E-state index in [-0.39, 0.29) is 11.9 Å². The van der Waals surface area contributed by atoms with Gasteiger partial charge in [-0.2, -0.15) is 0 Å². The topological polar surface area (TPSA) is 54.6 Å². The summed E-state index contributed by atoms with van der Waals surface area (Å²) >= 11 is 3.22. The molecule has 4 nitrogen and oxygen atoms in total. The van der Waals surface area contributed by atoms with Crippen LogP contribution in [0.15, 0.2) is 39.7 Å². The molecule has 1 aliphatic heterocycles. The van der Waals surface area contributed by atoms with Crippen molar-refractivity contribution in [2.45, 2.75) is 13.0 Å². The highest BCUT2D eigenvalue weighted by atomic mass is 32.2. The third kappa shape index (κ3) is 3.63. The number of hydrogen-bond donors (Lipinski definition) is 1. The molecular weight excluding hydrogens is 304 g/mol. The molecule has 6 heteroatoms. The SMILES string of the molecule is C[C@H](NC(=O)CSC1=NCCS1)c1cc2ccccc2o1. The molecule has 1 aliphatic rings. The van der Waals surface area contributed by atoms with Gasteiger partial charge in [0.2, 0.25) is 5.91 Å².